The zero-order chi connectivity index (χ0) is 19.3. The number of aryl methyl sites for hydroxylation is 2. The maximum absolute atomic E-state index is 12.6. The number of amides is 2. The maximum Gasteiger partial charge on any atom is 0.329 e. The molecule has 1 unspecified atom stereocenters. The molecule has 6 heteroatoms. The lowest BCUT2D eigenvalue weighted by Gasteiger charge is -2.16. The number of benzene rings is 1. The van der Waals surface area contributed by atoms with Crippen LogP contribution < -0.4 is 10.0 Å². The minimum atomic E-state index is -0.242. The molecule has 2 N–H and O–H groups in total. The van der Waals surface area contributed by atoms with Gasteiger partial charge in [-0.1, -0.05) is 13.0 Å². The van der Waals surface area contributed by atoms with Crippen LogP contribution in [0, 0.1) is 5.92 Å². The Morgan fingerprint density at radius 1 is 1.07 bits per heavy atom. The number of nitrogens with one attached hydrogen (secondary N) is 2. The van der Waals surface area contributed by atoms with Crippen molar-refractivity contribution in [2.45, 2.75) is 63.4 Å². The summed E-state index contributed by atoms with van der Waals surface area (Å²) in [6.45, 7) is 2.05. The molecule has 1 aromatic carbocycles. The van der Waals surface area contributed by atoms with E-state index in [1.807, 2.05) is 0 Å². The molecular weight excluding hydrogens is 372 g/mol. The first-order valence-corrected chi connectivity index (χ1v) is 11.0. The molecule has 0 bridgehead atoms. The number of rotatable bonds is 3. The Balaban J connectivity index is 1.30. The normalized spacial score (nSPS) is 19.9. The van der Waals surface area contributed by atoms with Crippen LogP contribution >= 0.6 is 11.9 Å². The molecule has 28 heavy (non-hydrogen) atoms. The Bertz CT molecular complexity index is 946. The van der Waals surface area contributed by atoms with Gasteiger partial charge in [-0.05, 0) is 66.7 Å². The fourth-order valence-corrected chi connectivity index (χ4v) is 5.42. The summed E-state index contributed by atoms with van der Waals surface area (Å²) in [5, 5.41) is 3.67. The van der Waals surface area contributed by atoms with Gasteiger partial charge in [-0.15, -0.1) is 0 Å². The Labute approximate surface area is 168 Å². The predicted octanol–water partition coefficient (Wildman–Crippen LogP) is 4.85. The molecule has 1 atom stereocenters. The van der Waals surface area contributed by atoms with Crippen molar-refractivity contribution < 1.29 is 14.0 Å². The van der Waals surface area contributed by atoms with E-state index in [-0.39, 0.29) is 11.8 Å². The summed E-state index contributed by atoms with van der Waals surface area (Å²) in [5.41, 5.74) is 7.12. The fraction of sp³-hybridized carbons (Fsp3) is 0.455. The molecule has 146 valence electrons. The largest absolute Gasteiger partial charge is 0.452 e. The van der Waals surface area contributed by atoms with Crippen molar-refractivity contribution in [2.24, 2.45) is 5.92 Å². The number of carbonyl (C=O) groups excluding carboxylic acids is 2. The van der Waals surface area contributed by atoms with E-state index in [0.717, 1.165) is 68.3 Å². The van der Waals surface area contributed by atoms with Gasteiger partial charge in [0.15, 0.2) is 10.9 Å². The zero-order valence-electron chi connectivity index (χ0n) is 16.0. The first-order valence-electron chi connectivity index (χ1n) is 10.1. The van der Waals surface area contributed by atoms with Crippen LogP contribution in [-0.2, 0) is 32.1 Å². The number of anilines is 1. The average Bonchev–Trinajstić information content (AvgIpc) is 3.38. The Morgan fingerprint density at radius 2 is 1.79 bits per heavy atom. The van der Waals surface area contributed by atoms with Gasteiger partial charge in [0.05, 0.1) is 5.56 Å². The smallest absolute Gasteiger partial charge is 0.329 e. The van der Waals surface area contributed by atoms with Crippen molar-refractivity contribution in [3.05, 3.63) is 45.7 Å². The first-order chi connectivity index (χ1) is 13.6. The van der Waals surface area contributed by atoms with Gasteiger partial charge in [0, 0.05) is 36.5 Å². The van der Waals surface area contributed by atoms with Crippen LogP contribution in [-0.4, -0.2) is 11.8 Å². The quantitative estimate of drug-likeness (QED) is 0.728. The second kappa shape index (κ2) is 6.99. The Hall–Kier alpha value is -2.21. The van der Waals surface area contributed by atoms with Gasteiger partial charge in [0.25, 0.3) is 0 Å². The van der Waals surface area contributed by atoms with E-state index < -0.39 is 0 Å². The lowest BCUT2D eigenvalue weighted by molar-refractivity contribution is 0.0948. The van der Waals surface area contributed by atoms with Gasteiger partial charge in [0.1, 0.15) is 5.76 Å². The molecule has 1 heterocycles. The van der Waals surface area contributed by atoms with Gasteiger partial charge in [-0.2, -0.15) is 0 Å². The molecule has 1 aromatic heterocycles. The molecule has 2 aromatic rings. The molecule has 2 amide bonds. The molecule has 5 nitrogen and oxygen atoms in total. The molecule has 0 saturated heterocycles. The van der Waals surface area contributed by atoms with Crippen molar-refractivity contribution in [1.29, 1.82) is 0 Å². The first kappa shape index (κ1) is 17.9. The van der Waals surface area contributed by atoms with Crippen molar-refractivity contribution >= 4 is 29.4 Å². The second-order valence-corrected chi connectivity index (χ2v) is 9.04. The highest BCUT2D eigenvalue weighted by Gasteiger charge is 2.27. The molecule has 0 aliphatic heterocycles. The summed E-state index contributed by atoms with van der Waals surface area (Å²) in [6, 6.07) is 3.87. The number of hydrogen-bond donors (Lipinski definition) is 2. The average molecular weight is 397 g/mol. The van der Waals surface area contributed by atoms with Crippen molar-refractivity contribution in [1.82, 2.24) is 4.72 Å². The van der Waals surface area contributed by atoms with Crippen LogP contribution in [0.1, 0.15) is 64.6 Å². The van der Waals surface area contributed by atoms with Gasteiger partial charge in [-0.25, -0.2) is 4.79 Å². The highest BCUT2D eigenvalue weighted by atomic mass is 32.2. The molecule has 5 rings (SSSR count). The van der Waals surface area contributed by atoms with Crippen molar-refractivity contribution in [3.8, 4) is 0 Å². The molecule has 3 aliphatic rings. The van der Waals surface area contributed by atoms with Crippen LogP contribution in [0.5, 0.6) is 0 Å². The Morgan fingerprint density at radius 3 is 2.50 bits per heavy atom. The van der Waals surface area contributed by atoms with Crippen LogP contribution in [0.25, 0.3) is 0 Å². The van der Waals surface area contributed by atoms with Crippen LogP contribution in [0.2, 0.25) is 0 Å². The van der Waals surface area contributed by atoms with E-state index in [2.05, 4.69) is 23.0 Å². The predicted molar refractivity (Wildman–Crippen MR) is 109 cm³/mol. The molecule has 0 radical (unpaired) electrons. The van der Waals surface area contributed by atoms with Crippen molar-refractivity contribution in [3.63, 3.8) is 0 Å². The van der Waals surface area contributed by atoms with E-state index >= 15 is 0 Å². The molecule has 3 aliphatic carbocycles. The van der Waals surface area contributed by atoms with Crippen LogP contribution in [0.15, 0.2) is 21.6 Å². The van der Waals surface area contributed by atoms with Crippen LogP contribution in [0.3, 0.4) is 0 Å². The molecular formula is C22H24N2O3S. The third kappa shape index (κ3) is 3.13. The monoisotopic (exact) mass is 396 g/mol. The number of hydrogen-bond acceptors (Lipinski definition) is 4. The third-order valence-corrected chi connectivity index (χ3v) is 6.80. The van der Waals surface area contributed by atoms with Gasteiger partial charge in [-0.3, -0.25) is 9.52 Å². The lowest BCUT2D eigenvalue weighted by atomic mass is 9.89. The standard InChI is InChI=1S/C22H24N2O3S/c1-12-8-18(25)17-11-20(27-19(17)9-12)28-24-22(26)23-21-15-6-2-4-13(15)10-14-5-3-7-16(14)21/h10-12H,2-9H2,1H3,(H2,23,24,26). The number of ketones is 1. The highest BCUT2D eigenvalue weighted by Crippen LogP contribution is 2.38. The summed E-state index contributed by atoms with van der Waals surface area (Å²) in [4.78, 5) is 24.7. The zero-order valence-corrected chi connectivity index (χ0v) is 16.8. The highest BCUT2D eigenvalue weighted by molar-refractivity contribution is 7.97. The summed E-state index contributed by atoms with van der Waals surface area (Å²) >= 11 is 1.13. The molecule has 0 saturated carbocycles. The van der Waals surface area contributed by atoms with E-state index in [1.54, 1.807) is 6.07 Å². The minimum Gasteiger partial charge on any atom is -0.452 e. The summed E-state index contributed by atoms with van der Waals surface area (Å²) in [5.74, 6) is 1.18. The topological polar surface area (TPSA) is 71.3 Å². The number of urea groups is 1. The fourth-order valence-electron chi connectivity index (χ4n) is 4.86. The molecule has 0 fully saturated rings. The minimum absolute atomic E-state index is 0.129. The SMILES string of the molecule is CC1CC(=O)c2cc(SNC(=O)Nc3c4c(cc5c3CCC5)CCC4)oc2C1. The van der Waals surface area contributed by atoms with E-state index in [0.29, 0.717) is 23.0 Å². The summed E-state index contributed by atoms with van der Waals surface area (Å²) < 4.78 is 8.62. The van der Waals surface area contributed by atoms with Crippen molar-refractivity contribution in [2.75, 3.05) is 5.32 Å². The number of fused-ring (bicyclic) bond motifs is 3. The van der Waals surface area contributed by atoms with Gasteiger partial charge >= 0.3 is 6.03 Å². The Kier molecular flexibility index (Phi) is 4.46. The van der Waals surface area contributed by atoms with Crippen LogP contribution in [0.4, 0.5) is 10.5 Å². The second-order valence-electron chi connectivity index (χ2n) is 8.23. The summed E-state index contributed by atoms with van der Waals surface area (Å²) in [6.07, 6.45) is 7.95. The van der Waals surface area contributed by atoms with E-state index in [4.69, 9.17) is 4.42 Å². The van der Waals surface area contributed by atoms with E-state index in [9.17, 15) is 9.59 Å². The van der Waals surface area contributed by atoms with Gasteiger partial charge < -0.3 is 9.73 Å². The number of Topliss-reactive ketones (excluding diaryl/α,β-unsaturated/α-hetero) is 1. The molecule has 0 spiro atoms. The maximum atomic E-state index is 12.6. The third-order valence-electron chi connectivity index (χ3n) is 6.11. The number of furan rings is 1. The van der Waals surface area contributed by atoms with Gasteiger partial charge in [0.2, 0.25) is 0 Å². The summed E-state index contributed by atoms with van der Waals surface area (Å²) in [7, 11) is 0. The number of carbonyl (C=O) groups is 2. The van der Waals surface area contributed by atoms with E-state index in [1.165, 1.54) is 22.3 Å². The lowest BCUT2D eigenvalue weighted by Crippen LogP contribution is -2.24.